The van der Waals surface area contributed by atoms with Gasteiger partial charge in [0.2, 0.25) is 0 Å². The van der Waals surface area contributed by atoms with E-state index in [1.54, 1.807) is 0 Å². The molecular weight excluding hydrogens is 583 g/mol. The molecule has 190 valence electrons. The molecule has 2 amide bonds. The number of carbonyl (C=O) groups excluding carboxylic acids is 3. The van der Waals surface area contributed by atoms with Crippen LogP contribution >= 0.6 is 34.9 Å². The summed E-state index contributed by atoms with van der Waals surface area (Å²) in [5, 5.41) is 33.2. The molecule has 0 radical (unpaired) electrons. The molecule has 38 heavy (non-hydrogen) atoms. The molecule has 20 heteroatoms. The number of thioether (sulfide) groups is 2. The number of β-lactam (4-membered cyclic amide) rings is 1. The summed E-state index contributed by atoms with van der Waals surface area (Å²) in [6, 6.07) is -1.18. The number of oxime groups is 1. The molecule has 0 aromatic carbocycles. The summed E-state index contributed by atoms with van der Waals surface area (Å²) in [7, 11) is -1.57. The van der Waals surface area contributed by atoms with Crippen LogP contribution in [0.2, 0.25) is 0 Å². The van der Waals surface area contributed by atoms with E-state index in [4.69, 9.17) is 9.85 Å². The summed E-state index contributed by atoms with van der Waals surface area (Å²) < 4.78 is 22.5. The number of aliphatic carboxylic acids is 1. The number of hydrogen-bond acceptors (Lipinski definition) is 15. The molecule has 2 aromatic heterocycles. The van der Waals surface area contributed by atoms with E-state index in [-0.39, 0.29) is 92.2 Å². The molecule has 0 unspecified atom stereocenters. The van der Waals surface area contributed by atoms with Gasteiger partial charge in [-0.3, -0.25) is 19.3 Å². The van der Waals surface area contributed by atoms with Crippen molar-refractivity contribution in [1.82, 2.24) is 30.0 Å². The number of thiazole rings is 1. The Morgan fingerprint density at radius 1 is 1.39 bits per heavy atom. The van der Waals surface area contributed by atoms with Gasteiger partial charge < -0.3 is 30.9 Å². The second-order valence-electron chi connectivity index (χ2n) is 7.12. The van der Waals surface area contributed by atoms with Crippen molar-refractivity contribution in [2.24, 2.45) is 12.2 Å². The van der Waals surface area contributed by atoms with Gasteiger partial charge in [0, 0.05) is 23.9 Å². The zero-order valence-electron chi connectivity index (χ0n) is 23.0. The van der Waals surface area contributed by atoms with Crippen LogP contribution in [0.1, 0.15) is 9.81 Å². The maximum absolute atomic E-state index is 13.0. The fraction of sp³-hybridized carbons (Fsp3) is 0.333. The van der Waals surface area contributed by atoms with E-state index < -0.39 is 59.1 Å². The largest absolute Gasteiger partial charge is 1.00 e. The summed E-state index contributed by atoms with van der Waals surface area (Å²) in [4.78, 5) is 62.3. The number of rotatable bonds is 8. The SMILES string of the molecule is [2H][13C]([2H])([2H])O/N=C(\C(=O)N[C@@H]1C(=O)N2C(C(=O)[O-])=C(CSc3nc(=O)c([O-])nn3C)CS[C@H]12)c1csc(N)n1.[Na+].[Na+]. The van der Waals surface area contributed by atoms with Gasteiger partial charge in [0.05, 0.1) is 21.7 Å². The fourth-order valence-electron chi connectivity index (χ4n) is 3.35. The third-order valence-electron chi connectivity index (χ3n) is 4.92. The minimum Gasteiger partial charge on any atom is -0.854 e. The monoisotopic (exact) mass is 602 g/mol. The Bertz CT molecular complexity index is 1490. The Hall–Kier alpha value is -1.64. The molecule has 1 saturated heterocycles. The van der Waals surface area contributed by atoms with Crippen LogP contribution in [0.4, 0.5) is 5.13 Å². The van der Waals surface area contributed by atoms with Crippen LogP contribution in [0.15, 0.2) is 31.8 Å². The molecular formula is C18H16N8Na2O7S3. The van der Waals surface area contributed by atoms with Crippen molar-refractivity contribution >= 4 is 63.5 Å². The predicted octanol–water partition coefficient (Wildman–Crippen LogP) is -9.16. The smallest absolute Gasteiger partial charge is 0.854 e. The van der Waals surface area contributed by atoms with E-state index in [0.717, 1.165) is 44.4 Å². The summed E-state index contributed by atoms with van der Waals surface area (Å²) in [5.41, 5.74) is 3.78. The van der Waals surface area contributed by atoms with E-state index in [1.807, 2.05) is 0 Å². The van der Waals surface area contributed by atoms with Gasteiger partial charge in [-0.15, -0.1) is 23.1 Å². The van der Waals surface area contributed by atoms with Gasteiger partial charge in [-0.1, -0.05) is 16.9 Å². The molecule has 2 aliphatic heterocycles. The number of fused-ring (bicyclic) bond motifs is 1. The van der Waals surface area contributed by atoms with Gasteiger partial charge in [0.25, 0.3) is 17.4 Å². The number of nitrogens with two attached hydrogens (primary N) is 1. The first-order valence-corrected chi connectivity index (χ1v) is 12.6. The minimum absolute atomic E-state index is 0. The average Bonchev–Trinajstić information content (AvgIpc) is 3.28. The van der Waals surface area contributed by atoms with Gasteiger partial charge in [0.15, 0.2) is 16.0 Å². The molecule has 4 heterocycles. The number of carbonyl (C=O) groups is 3. The Kier molecular flexibility index (Phi) is 10.0. The second-order valence-corrected chi connectivity index (χ2v) is 10.1. The Balaban J connectivity index is 0.00000294. The van der Waals surface area contributed by atoms with Crippen molar-refractivity contribution in [2.45, 2.75) is 16.6 Å². The molecule has 0 spiro atoms. The van der Waals surface area contributed by atoms with E-state index in [9.17, 15) is 29.4 Å². The molecule has 2 aromatic rings. The van der Waals surface area contributed by atoms with Crippen LogP contribution < -0.4 is 85.9 Å². The zero-order chi connectivity index (χ0) is 28.6. The van der Waals surface area contributed by atoms with Crippen molar-refractivity contribution < 1.29 is 92.7 Å². The zero-order valence-corrected chi connectivity index (χ0v) is 26.4. The van der Waals surface area contributed by atoms with Crippen molar-refractivity contribution in [2.75, 3.05) is 24.3 Å². The molecule has 4 rings (SSSR count). The standard InChI is InChI=1S/C18H18N8O7S3.2Na/c1-25-18(22-12(28)13(29)23-25)36-4-6-3-34-15-9(14(30)26(15)10(6)16(31)32)21-11(27)8(24-33-2)7-5-35-17(19)20-7;;/h5,9,15H,3-4H2,1-2H3,(H2,19,20)(H,21,27)(H,23,29)(H,31,32);;/q;2*+1/p-2/b24-8-;;/t9-,15-;;/m1../s1/i2+1D3;;. The molecule has 15 nitrogen and oxygen atoms in total. The fourth-order valence-corrected chi connectivity index (χ4v) is 6.29. The molecule has 1 fully saturated rings. The van der Waals surface area contributed by atoms with E-state index >= 15 is 0 Å². The first-order valence-electron chi connectivity index (χ1n) is 11.2. The topological polar surface area (TPSA) is 221 Å². The number of nitrogen functional groups attached to an aromatic ring is 1. The Morgan fingerprint density at radius 3 is 2.76 bits per heavy atom. The van der Waals surface area contributed by atoms with Crippen molar-refractivity contribution in [3.05, 3.63) is 32.7 Å². The summed E-state index contributed by atoms with van der Waals surface area (Å²) >= 11 is 3.04. The van der Waals surface area contributed by atoms with Crippen molar-refractivity contribution in [1.29, 1.82) is 0 Å². The maximum Gasteiger partial charge on any atom is 1.00 e. The van der Waals surface area contributed by atoms with Gasteiger partial charge in [-0.05, 0) is 5.57 Å². The third-order valence-corrected chi connectivity index (χ3v) is 8.04. The van der Waals surface area contributed by atoms with Gasteiger partial charge in [-0.2, -0.15) is 10.1 Å². The normalized spacial score (nSPS) is 20.0. The number of nitrogens with zero attached hydrogens (tertiary/aromatic N) is 6. The van der Waals surface area contributed by atoms with Crippen molar-refractivity contribution in [3.8, 4) is 5.88 Å². The van der Waals surface area contributed by atoms with Crippen LogP contribution in [-0.2, 0) is 26.3 Å². The summed E-state index contributed by atoms with van der Waals surface area (Å²) in [5.74, 6) is -4.33. The molecule has 0 aliphatic carbocycles. The van der Waals surface area contributed by atoms with E-state index in [2.05, 4.69) is 30.4 Å². The maximum atomic E-state index is 13.0. The van der Waals surface area contributed by atoms with Gasteiger partial charge >= 0.3 is 59.1 Å². The minimum atomic E-state index is -2.97. The molecule has 2 aliphatic rings. The van der Waals surface area contributed by atoms with E-state index in [0.29, 0.717) is 0 Å². The first kappa shape index (κ1) is 27.9. The quantitative estimate of drug-likeness (QED) is 0.0717. The number of amides is 2. The van der Waals surface area contributed by atoms with Crippen molar-refractivity contribution in [3.63, 3.8) is 0 Å². The number of anilines is 1. The molecule has 0 bridgehead atoms. The number of nitrogens with one attached hydrogen (secondary N) is 1. The summed E-state index contributed by atoms with van der Waals surface area (Å²) in [6.07, 6.45) is 0. The van der Waals surface area contributed by atoms with Gasteiger partial charge in [0.1, 0.15) is 24.1 Å². The molecule has 2 atom stereocenters. The van der Waals surface area contributed by atoms with Crippen LogP contribution in [-0.4, -0.2) is 78.1 Å². The summed E-state index contributed by atoms with van der Waals surface area (Å²) in [6.45, 7) is 0. The number of carboxylic acid groups (broad SMARTS) is 1. The molecule has 3 N–H and O–H groups in total. The predicted molar refractivity (Wildman–Crippen MR) is 125 cm³/mol. The van der Waals surface area contributed by atoms with Gasteiger partial charge in [-0.25, -0.2) is 9.67 Å². The number of carboxylic acids is 1. The van der Waals surface area contributed by atoms with Crippen LogP contribution in [0, 0.1) is 0 Å². The third kappa shape index (κ3) is 6.56. The number of aromatic nitrogens is 4. The Morgan fingerprint density at radius 2 is 2.13 bits per heavy atom. The molecule has 0 saturated carbocycles. The van der Waals surface area contributed by atoms with E-state index in [1.165, 1.54) is 12.4 Å². The number of aryl methyl sites for hydroxylation is 1. The average molecular weight is 603 g/mol. The first-order chi connectivity index (χ1) is 18.3. The Labute approximate surface area is 275 Å². The number of hydrogen-bond donors (Lipinski definition) is 2. The second kappa shape index (κ2) is 13.6. The van der Waals surface area contributed by atoms with Crippen LogP contribution in [0.5, 0.6) is 5.88 Å². The van der Waals surface area contributed by atoms with Crippen LogP contribution in [0.25, 0.3) is 0 Å². The van der Waals surface area contributed by atoms with Crippen LogP contribution in [0.3, 0.4) is 0 Å².